The molecule has 0 aromatic carbocycles. The molecule has 4 heterocycles. The van der Waals surface area contributed by atoms with Gasteiger partial charge in [-0.15, -0.1) is 11.3 Å². The average molecular weight is 452 g/mol. The molecule has 162 valence electrons. The van der Waals surface area contributed by atoms with Gasteiger partial charge in [-0.05, 0) is 50.7 Å². The molecule has 2 aliphatic heterocycles. The van der Waals surface area contributed by atoms with Gasteiger partial charge in [-0.2, -0.15) is 0 Å². The number of thiophene rings is 1. The van der Waals surface area contributed by atoms with Crippen molar-refractivity contribution >= 4 is 33.0 Å². The van der Waals surface area contributed by atoms with E-state index >= 15 is 0 Å². The van der Waals surface area contributed by atoms with Crippen LogP contribution in [0, 0.1) is 19.3 Å². The Balaban J connectivity index is 1.39. The van der Waals surface area contributed by atoms with E-state index in [9.17, 15) is 18.0 Å². The lowest BCUT2D eigenvalue weighted by Gasteiger charge is -2.39. The number of nitrogens with zero attached hydrogens (tertiary/aromatic N) is 3. The molecule has 2 aliphatic rings. The van der Waals surface area contributed by atoms with Gasteiger partial charge in [-0.25, -0.2) is 8.42 Å². The van der Waals surface area contributed by atoms with E-state index in [4.69, 9.17) is 4.52 Å². The normalized spacial score (nSPS) is 18.9. The molecule has 4 rings (SSSR count). The molecule has 8 nitrogen and oxygen atoms in total. The van der Waals surface area contributed by atoms with Crippen LogP contribution in [0.5, 0.6) is 0 Å². The first kappa shape index (κ1) is 21.0. The van der Waals surface area contributed by atoms with Crippen LogP contribution in [-0.2, 0) is 9.84 Å². The highest BCUT2D eigenvalue weighted by Gasteiger charge is 2.43. The van der Waals surface area contributed by atoms with E-state index in [1.807, 2.05) is 9.80 Å². The minimum absolute atomic E-state index is 0.0160. The highest BCUT2D eigenvalue weighted by molar-refractivity contribution is 7.92. The summed E-state index contributed by atoms with van der Waals surface area (Å²) < 4.78 is 28.7. The molecule has 2 amide bonds. The number of hydrogen-bond donors (Lipinski definition) is 0. The van der Waals surface area contributed by atoms with Crippen LogP contribution >= 0.6 is 11.3 Å². The summed E-state index contributed by atoms with van der Waals surface area (Å²) in [7, 11) is -3.31. The van der Waals surface area contributed by atoms with Crippen LogP contribution in [0.1, 0.15) is 50.7 Å². The van der Waals surface area contributed by atoms with Crippen LogP contribution in [0.4, 0.5) is 0 Å². The van der Waals surface area contributed by atoms with Gasteiger partial charge in [0.05, 0.1) is 10.6 Å². The summed E-state index contributed by atoms with van der Waals surface area (Å²) >= 11 is 1.03. The van der Waals surface area contributed by atoms with Gasteiger partial charge in [0.25, 0.3) is 11.8 Å². The number of aryl methyl sites for hydroxylation is 2. The van der Waals surface area contributed by atoms with Crippen molar-refractivity contribution in [3.05, 3.63) is 34.0 Å². The van der Waals surface area contributed by atoms with Crippen LogP contribution in [-0.4, -0.2) is 67.6 Å². The summed E-state index contributed by atoms with van der Waals surface area (Å²) in [6.07, 6.45) is 3.72. The maximum absolute atomic E-state index is 12.9. The van der Waals surface area contributed by atoms with E-state index < -0.39 is 9.84 Å². The Kier molecular flexibility index (Phi) is 5.26. The standard InChI is InChI=1S/C20H25N3O5S2/c1-13-17(14(2)28-21-13)19(25)22-9-6-20(7-10-22)8-11-23(12-20)18(24)15-4-5-16(29-15)30(3,26)27/h4-5H,6-12H2,1-3H3. The van der Waals surface area contributed by atoms with E-state index in [0.717, 1.165) is 36.9 Å². The smallest absolute Gasteiger partial charge is 0.263 e. The summed E-state index contributed by atoms with van der Waals surface area (Å²) in [5, 5.41) is 3.87. The van der Waals surface area contributed by atoms with Crippen molar-refractivity contribution in [3.63, 3.8) is 0 Å². The average Bonchev–Trinajstić information content (AvgIpc) is 3.41. The zero-order valence-corrected chi connectivity index (χ0v) is 18.9. The Bertz CT molecular complexity index is 1070. The number of likely N-dealkylation sites (tertiary alicyclic amines) is 2. The van der Waals surface area contributed by atoms with Crippen molar-refractivity contribution < 1.29 is 22.5 Å². The second-order valence-electron chi connectivity index (χ2n) is 8.36. The van der Waals surface area contributed by atoms with E-state index in [2.05, 4.69) is 5.16 Å². The molecule has 0 radical (unpaired) electrons. The van der Waals surface area contributed by atoms with Gasteiger partial charge in [0.2, 0.25) is 0 Å². The molecule has 1 spiro atoms. The molecule has 2 aromatic heterocycles. The molecule has 30 heavy (non-hydrogen) atoms. The Labute approximate surface area is 179 Å². The summed E-state index contributed by atoms with van der Waals surface area (Å²) in [6.45, 7) is 6.10. The monoisotopic (exact) mass is 451 g/mol. The third-order valence-corrected chi connectivity index (χ3v) is 9.13. The lowest BCUT2D eigenvalue weighted by Crippen LogP contribution is -2.44. The molecule has 0 N–H and O–H groups in total. The van der Waals surface area contributed by atoms with Crippen LogP contribution in [0.2, 0.25) is 0 Å². The first-order chi connectivity index (χ1) is 14.1. The molecule has 0 saturated carbocycles. The Hall–Kier alpha value is -2.20. The van der Waals surface area contributed by atoms with Gasteiger partial charge in [-0.3, -0.25) is 9.59 Å². The number of piperidine rings is 1. The quantitative estimate of drug-likeness (QED) is 0.711. The van der Waals surface area contributed by atoms with Crippen LogP contribution in [0.3, 0.4) is 0 Å². The summed E-state index contributed by atoms with van der Waals surface area (Å²) in [5.41, 5.74) is 1.18. The lowest BCUT2D eigenvalue weighted by atomic mass is 9.77. The molecule has 0 atom stereocenters. The largest absolute Gasteiger partial charge is 0.361 e. The SMILES string of the molecule is Cc1noc(C)c1C(=O)N1CCC2(CCN(C(=O)c3ccc(S(C)(=O)=O)s3)C2)CC1. The summed E-state index contributed by atoms with van der Waals surface area (Å²) in [5.74, 6) is 0.389. The molecule has 2 saturated heterocycles. The van der Waals surface area contributed by atoms with Crippen molar-refractivity contribution in [1.82, 2.24) is 15.0 Å². The summed E-state index contributed by atoms with van der Waals surface area (Å²) in [6, 6.07) is 3.09. The van der Waals surface area contributed by atoms with Gasteiger partial charge < -0.3 is 14.3 Å². The van der Waals surface area contributed by atoms with Gasteiger partial charge in [-0.1, -0.05) is 5.16 Å². The van der Waals surface area contributed by atoms with Gasteiger partial charge in [0, 0.05) is 32.4 Å². The van der Waals surface area contributed by atoms with Crippen molar-refractivity contribution in [2.45, 2.75) is 37.3 Å². The fourth-order valence-corrected chi connectivity index (χ4v) is 6.33. The van der Waals surface area contributed by atoms with E-state index in [1.165, 1.54) is 6.07 Å². The van der Waals surface area contributed by atoms with Crippen molar-refractivity contribution in [1.29, 1.82) is 0 Å². The van der Waals surface area contributed by atoms with Crippen LogP contribution < -0.4 is 0 Å². The van der Waals surface area contributed by atoms with Gasteiger partial charge in [0.1, 0.15) is 15.5 Å². The Morgan fingerprint density at radius 2 is 1.70 bits per heavy atom. The zero-order valence-electron chi connectivity index (χ0n) is 17.3. The third-order valence-electron chi connectivity index (χ3n) is 6.24. The number of rotatable bonds is 3. The van der Waals surface area contributed by atoms with Crippen molar-refractivity contribution in [2.24, 2.45) is 5.41 Å². The molecule has 2 aromatic rings. The molecule has 0 aliphatic carbocycles. The number of aromatic nitrogens is 1. The Morgan fingerprint density at radius 3 is 2.23 bits per heavy atom. The molecule has 0 unspecified atom stereocenters. The highest BCUT2D eigenvalue weighted by Crippen LogP contribution is 2.41. The first-order valence-corrected chi connectivity index (χ1v) is 12.6. The zero-order chi connectivity index (χ0) is 21.7. The molecular weight excluding hydrogens is 426 g/mol. The van der Waals surface area contributed by atoms with Crippen molar-refractivity contribution in [3.8, 4) is 0 Å². The molecule has 2 fully saturated rings. The Morgan fingerprint density at radius 1 is 1.07 bits per heavy atom. The van der Waals surface area contributed by atoms with Crippen LogP contribution in [0.25, 0.3) is 0 Å². The molecule has 0 bridgehead atoms. The minimum Gasteiger partial charge on any atom is -0.361 e. The second kappa shape index (κ2) is 7.49. The summed E-state index contributed by atoms with van der Waals surface area (Å²) in [4.78, 5) is 29.9. The molecule has 10 heteroatoms. The van der Waals surface area contributed by atoms with Crippen LogP contribution in [0.15, 0.2) is 20.9 Å². The second-order valence-corrected chi connectivity index (χ2v) is 11.7. The minimum atomic E-state index is -3.31. The predicted molar refractivity (Wildman–Crippen MR) is 111 cm³/mol. The number of carbonyl (C=O) groups is 2. The maximum Gasteiger partial charge on any atom is 0.263 e. The van der Waals surface area contributed by atoms with E-state index in [-0.39, 0.29) is 21.4 Å². The lowest BCUT2D eigenvalue weighted by molar-refractivity contribution is 0.0564. The predicted octanol–water partition coefficient (Wildman–Crippen LogP) is 2.52. The third kappa shape index (κ3) is 3.78. The number of hydrogen-bond acceptors (Lipinski definition) is 7. The fraction of sp³-hybridized carbons (Fsp3) is 0.550. The number of carbonyl (C=O) groups excluding carboxylic acids is 2. The topological polar surface area (TPSA) is 101 Å². The number of amides is 2. The first-order valence-electron chi connectivity index (χ1n) is 9.91. The van der Waals surface area contributed by atoms with E-state index in [1.54, 1.807) is 19.9 Å². The highest BCUT2D eigenvalue weighted by atomic mass is 32.2. The number of sulfone groups is 1. The van der Waals surface area contributed by atoms with Gasteiger partial charge in [0.15, 0.2) is 9.84 Å². The van der Waals surface area contributed by atoms with Gasteiger partial charge >= 0.3 is 0 Å². The van der Waals surface area contributed by atoms with E-state index in [0.29, 0.717) is 48.1 Å². The van der Waals surface area contributed by atoms with Crippen molar-refractivity contribution in [2.75, 3.05) is 32.4 Å². The molecular formula is C20H25N3O5S2. The fourth-order valence-electron chi connectivity index (χ4n) is 4.44. The maximum atomic E-state index is 12.9.